The number of carbonyl (C=O) groups excluding carboxylic acids is 1. The van der Waals surface area contributed by atoms with E-state index < -0.39 is 0 Å². The summed E-state index contributed by atoms with van der Waals surface area (Å²) in [4.78, 5) is 12.7. The predicted molar refractivity (Wildman–Crippen MR) is 64.1 cm³/mol. The first kappa shape index (κ1) is 10.7. The quantitative estimate of drug-likeness (QED) is 0.775. The highest BCUT2D eigenvalue weighted by Gasteiger charge is 2.45. The van der Waals surface area contributed by atoms with Crippen LogP contribution in [-0.4, -0.2) is 10.5 Å². The van der Waals surface area contributed by atoms with E-state index in [1.165, 1.54) is 4.90 Å². The zero-order valence-electron chi connectivity index (χ0n) is 9.19. The number of benzene rings is 1. The van der Waals surface area contributed by atoms with Crippen molar-refractivity contribution >= 4 is 17.5 Å². The molecule has 2 rings (SSSR count). The van der Waals surface area contributed by atoms with E-state index in [-0.39, 0.29) is 10.7 Å². The first-order valence-electron chi connectivity index (χ1n) is 5.36. The summed E-state index contributed by atoms with van der Waals surface area (Å²) in [6.07, 6.45) is 2.21. The normalized spacial score (nSPS) is 29.6. The van der Waals surface area contributed by atoms with E-state index >= 15 is 0 Å². The van der Waals surface area contributed by atoms with Gasteiger partial charge in [0.05, 0.1) is 0 Å². The van der Waals surface area contributed by atoms with Gasteiger partial charge in [0.15, 0.2) is 0 Å². The molecule has 0 unspecified atom stereocenters. The highest BCUT2D eigenvalue weighted by atomic mass is 32.2. The van der Waals surface area contributed by atoms with Gasteiger partial charge in [-0.15, -0.1) is 11.8 Å². The van der Waals surface area contributed by atoms with E-state index in [2.05, 4.69) is 19.1 Å². The molecular formula is C13H16OS. The lowest BCUT2D eigenvalue weighted by molar-refractivity contribution is -0.124. The lowest BCUT2D eigenvalue weighted by atomic mass is 9.72. The second kappa shape index (κ2) is 4.01. The number of carbonyl (C=O) groups is 1. The van der Waals surface area contributed by atoms with E-state index in [9.17, 15) is 4.79 Å². The van der Waals surface area contributed by atoms with Gasteiger partial charge in [-0.3, -0.25) is 4.79 Å². The summed E-state index contributed by atoms with van der Waals surface area (Å²) in [6, 6.07) is 10.4. The molecule has 1 aromatic carbocycles. The summed E-state index contributed by atoms with van der Waals surface area (Å²) in [5.74, 6) is 0.592. The van der Waals surface area contributed by atoms with Crippen LogP contribution < -0.4 is 0 Å². The summed E-state index contributed by atoms with van der Waals surface area (Å²) in [5, 5.41) is 0. The minimum absolute atomic E-state index is 0.132. The standard InChI is InChI=1S/C13H16OS/c1-10(14)12-8-9-13(12,2)15-11-6-4-3-5-7-11/h3-7,12H,8-9H2,1-2H3/t12-,13-/m1/s1. The first-order chi connectivity index (χ1) is 7.12. The van der Waals surface area contributed by atoms with Crippen molar-refractivity contribution in [3.63, 3.8) is 0 Å². The van der Waals surface area contributed by atoms with Gasteiger partial charge in [-0.1, -0.05) is 18.2 Å². The van der Waals surface area contributed by atoms with Crippen molar-refractivity contribution in [1.29, 1.82) is 0 Å². The van der Waals surface area contributed by atoms with Crippen molar-refractivity contribution < 1.29 is 4.79 Å². The molecule has 0 N–H and O–H groups in total. The van der Waals surface area contributed by atoms with Crippen LogP contribution in [0.3, 0.4) is 0 Å². The highest BCUT2D eigenvalue weighted by Crippen LogP contribution is 2.51. The maximum atomic E-state index is 11.4. The van der Waals surface area contributed by atoms with Crippen LogP contribution in [0.2, 0.25) is 0 Å². The van der Waals surface area contributed by atoms with Crippen LogP contribution in [-0.2, 0) is 4.79 Å². The van der Waals surface area contributed by atoms with Gasteiger partial charge in [-0.2, -0.15) is 0 Å². The molecule has 0 radical (unpaired) electrons. The van der Waals surface area contributed by atoms with Crippen LogP contribution in [0, 0.1) is 5.92 Å². The fourth-order valence-electron chi connectivity index (χ4n) is 2.21. The van der Waals surface area contributed by atoms with Gasteiger partial charge in [-0.25, -0.2) is 0 Å². The molecule has 1 fully saturated rings. The molecule has 2 atom stereocenters. The van der Waals surface area contributed by atoms with Crippen molar-refractivity contribution in [2.75, 3.05) is 0 Å². The molecule has 2 heteroatoms. The largest absolute Gasteiger partial charge is 0.300 e. The number of rotatable bonds is 3. The lowest BCUT2D eigenvalue weighted by Crippen LogP contribution is -2.45. The van der Waals surface area contributed by atoms with Crippen molar-refractivity contribution in [1.82, 2.24) is 0 Å². The van der Waals surface area contributed by atoms with E-state index in [1.54, 1.807) is 6.92 Å². The van der Waals surface area contributed by atoms with Crippen LogP contribution in [0.4, 0.5) is 0 Å². The summed E-state index contributed by atoms with van der Waals surface area (Å²) in [5.41, 5.74) is 0. The molecule has 0 aliphatic heterocycles. The fraction of sp³-hybridized carbons (Fsp3) is 0.462. The van der Waals surface area contributed by atoms with Crippen LogP contribution in [0.5, 0.6) is 0 Å². The summed E-state index contributed by atoms with van der Waals surface area (Å²) >= 11 is 1.85. The predicted octanol–water partition coefficient (Wildman–Crippen LogP) is 3.54. The molecule has 0 aromatic heterocycles. The highest BCUT2D eigenvalue weighted by molar-refractivity contribution is 8.00. The van der Waals surface area contributed by atoms with Crippen LogP contribution >= 0.6 is 11.8 Å². The van der Waals surface area contributed by atoms with E-state index in [0.29, 0.717) is 5.78 Å². The number of hydrogen-bond donors (Lipinski definition) is 0. The van der Waals surface area contributed by atoms with Crippen molar-refractivity contribution in [2.45, 2.75) is 36.3 Å². The van der Waals surface area contributed by atoms with E-state index in [1.807, 2.05) is 30.0 Å². The number of thioether (sulfide) groups is 1. The van der Waals surface area contributed by atoms with Gasteiger partial charge in [0.1, 0.15) is 5.78 Å². The monoisotopic (exact) mass is 220 g/mol. The fourth-order valence-corrected chi connectivity index (χ4v) is 3.69. The first-order valence-corrected chi connectivity index (χ1v) is 6.18. The Bertz CT molecular complexity index is 360. The van der Waals surface area contributed by atoms with Crippen molar-refractivity contribution in [3.05, 3.63) is 30.3 Å². The molecular weight excluding hydrogens is 204 g/mol. The zero-order valence-corrected chi connectivity index (χ0v) is 10.0. The number of hydrogen-bond acceptors (Lipinski definition) is 2. The van der Waals surface area contributed by atoms with Gasteiger partial charge in [-0.05, 0) is 38.8 Å². The second-order valence-corrected chi connectivity index (χ2v) is 6.04. The minimum atomic E-state index is 0.132. The smallest absolute Gasteiger partial charge is 0.134 e. The molecule has 1 aliphatic carbocycles. The molecule has 0 saturated heterocycles. The van der Waals surface area contributed by atoms with Gasteiger partial charge in [0.25, 0.3) is 0 Å². The van der Waals surface area contributed by atoms with Crippen molar-refractivity contribution in [2.24, 2.45) is 5.92 Å². The maximum Gasteiger partial charge on any atom is 0.134 e. The summed E-state index contributed by atoms with van der Waals surface area (Å²) < 4.78 is 0.132. The summed E-state index contributed by atoms with van der Waals surface area (Å²) in [7, 11) is 0. The third kappa shape index (κ3) is 2.10. The molecule has 1 nitrogen and oxygen atoms in total. The molecule has 1 saturated carbocycles. The van der Waals surface area contributed by atoms with Gasteiger partial charge in [0, 0.05) is 15.6 Å². The molecule has 15 heavy (non-hydrogen) atoms. The molecule has 0 heterocycles. The minimum Gasteiger partial charge on any atom is -0.300 e. The number of Topliss-reactive ketones (excluding diaryl/α,β-unsaturated/α-hetero) is 1. The van der Waals surface area contributed by atoms with Crippen LogP contribution in [0.15, 0.2) is 35.2 Å². The van der Waals surface area contributed by atoms with E-state index in [0.717, 1.165) is 12.8 Å². The Kier molecular flexibility index (Phi) is 2.87. The van der Waals surface area contributed by atoms with E-state index in [4.69, 9.17) is 0 Å². The van der Waals surface area contributed by atoms with Crippen LogP contribution in [0.25, 0.3) is 0 Å². The molecule has 1 aromatic rings. The molecule has 80 valence electrons. The lowest BCUT2D eigenvalue weighted by Gasteiger charge is -2.45. The Labute approximate surface area is 95.3 Å². The third-order valence-electron chi connectivity index (χ3n) is 3.25. The Balaban J connectivity index is 2.09. The van der Waals surface area contributed by atoms with Crippen LogP contribution in [0.1, 0.15) is 26.7 Å². The molecule has 0 spiro atoms. The van der Waals surface area contributed by atoms with Crippen molar-refractivity contribution in [3.8, 4) is 0 Å². The Morgan fingerprint density at radius 3 is 2.53 bits per heavy atom. The Hall–Kier alpha value is -0.760. The topological polar surface area (TPSA) is 17.1 Å². The average molecular weight is 220 g/mol. The molecule has 0 bridgehead atoms. The SMILES string of the molecule is CC(=O)[C@H]1CC[C@@]1(C)Sc1ccccc1. The average Bonchev–Trinajstić information content (AvgIpc) is 2.17. The van der Waals surface area contributed by atoms with Gasteiger partial charge >= 0.3 is 0 Å². The van der Waals surface area contributed by atoms with Gasteiger partial charge < -0.3 is 0 Å². The van der Waals surface area contributed by atoms with Gasteiger partial charge in [0.2, 0.25) is 0 Å². The molecule has 0 amide bonds. The molecule has 1 aliphatic rings. The third-order valence-corrected chi connectivity index (χ3v) is 4.71. The maximum absolute atomic E-state index is 11.4. The number of ketones is 1. The Morgan fingerprint density at radius 2 is 2.07 bits per heavy atom. The zero-order chi connectivity index (χ0) is 10.9. The Morgan fingerprint density at radius 1 is 1.40 bits per heavy atom. The second-order valence-electron chi connectivity index (χ2n) is 4.43. The summed E-state index contributed by atoms with van der Waals surface area (Å²) in [6.45, 7) is 3.92.